The summed E-state index contributed by atoms with van der Waals surface area (Å²) >= 11 is 1.19. The van der Waals surface area contributed by atoms with Crippen LogP contribution < -0.4 is 10.2 Å². The number of halogens is 1. The Kier molecular flexibility index (Phi) is 7.66. The maximum atomic E-state index is 14.4. The molecule has 2 heterocycles. The van der Waals surface area contributed by atoms with Gasteiger partial charge in [-0.15, -0.1) is 0 Å². The molecular weight excluding hydrogens is 517 g/mol. The van der Waals surface area contributed by atoms with Crippen molar-refractivity contribution in [2.75, 3.05) is 16.4 Å². The first kappa shape index (κ1) is 27.1. The van der Waals surface area contributed by atoms with Gasteiger partial charge < -0.3 is 15.0 Å². The van der Waals surface area contributed by atoms with Crippen molar-refractivity contribution in [1.29, 1.82) is 0 Å². The number of anilines is 1. The number of carbonyl (C=O) groups excluding carboxylic acids is 2. The van der Waals surface area contributed by atoms with E-state index in [1.807, 2.05) is 30.3 Å². The number of ether oxygens (including phenoxy) is 1. The molecule has 3 atom stereocenters. The molecular formula is C26H30FN3O5S2. The van der Waals surface area contributed by atoms with Crippen molar-refractivity contribution < 1.29 is 27.1 Å². The highest BCUT2D eigenvalue weighted by atomic mass is 32.2. The van der Waals surface area contributed by atoms with Crippen LogP contribution in [0.15, 0.2) is 53.5 Å². The zero-order chi connectivity index (χ0) is 27.0. The van der Waals surface area contributed by atoms with Gasteiger partial charge in [0, 0.05) is 17.4 Å². The van der Waals surface area contributed by atoms with E-state index < -0.39 is 45.3 Å². The number of benzene rings is 2. The molecule has 37 heavy (non-hydrogen) atoms. The largest absolute Gasteiger partial charge is 0.444 e. The third-order valence-electron chi connectivity index (χ3n) is 5.98. The van der Waals surface area contributed by atoms with Crippen molar-refractivity contribution in [2.24, 2.45) is 4.99 Å². The van der Waals surface area contributed by atoms with E-state index >= 15 is 0 Å². The summed E-state index contributed by atoms with van der Waals surface area (Å²) in [6, 6.07) is 12.3. The quantitative estimate of drug-likeness (QED) is 0.606. The van der Waals surface area contributed by atoms with Gasteiger partial charge in [-0.3, -0.25) is 4.79 Å². The lowest BCUT2D eigenvalue weighted by molar-refractivity contribution is -0.119. The Labute approximate surface area is 220 Å². The van der Waals surface area contributed by atoms with Crippen molar-refractivity contribution in [3.05, 3.63) is 65.5 Å². The monoisotopic (exact) mass is 547 g/mol. The Bertz CT molecular complexity index is 1330. The minimum Gasteiger partial charge on any atom is -0.444 e. The number of amidine groups is 1. The second-order valence-corrected chi connectivity index (χ2v) is 13.6. The minimum atomic E-state index is -3.28. The van der Waals surface area contributed by atoms with E-state index in [4.69, 9.17) is 4.74 Å². The Morgan fingerprint density at radius 2 is 1.89 bits per heavy atom. The summed E-state index contributed by atoms with van der Waals surface area (Å²) in [6.45, 7) is 6.81. The molecule has 2 aromatic rings. The standard InChI is InChI=1S/C26H30FN3O5S2/c1-16-10-11-18(13-19(16)27)30-21-14-37(33,34)15-22(21)36-24(30)29-23(31)20(12-17-8-6-5-7-9-17)28-25(32)35-26(2,3)4/h5-11,13,20-22H,12,14-15H2,1-4H3,(H,28,32). The summed E-state index contributed by atoms with van der Waals surface area (Å²) in [5.41, 5.74) is 0.931. The van der Waals surface area contributed by atoms with Crippen LogP contribution in [0.4, 0.5) is 14.9 Å². The van der Waals surface area contributed by atoms with Gasteiger partial charge in [0.15, 0.2) is 15.0 Å². The summed E-state index contributed by atoms with van der Waals surface area (Å²) in [5, 5.41) is 2.57. The van der Waals surface area contributed by atoms with Crippen LogP contribution in [0.3, 0.4) is 0 Å². The molecule has 0 bridgehead atoms. The molecule has 2 amide bonds. The number of amides is 2. The predicted molar refractivity (Wildman–Crippen MR) is 143 cm³/mol. The molecule has 2 fully saturated rings. The average Bonchev–Trinajstić information content (AvgIpc) is 3.25. The fourth-order valence-corrected chi connectivity index (χ4v) is 8.19. The Hall–Kier alpha value is -2.92. The second-order valence-electron chi connectivity index (χ2n) is 10.2. The van der Waals surface area contributed by atoms with E-state index in [-0.39, 0.29) is 28.3 Å². The number of nitrogens with zero attached hydrogens (tertiary/aromatic N) is 2. The number of hydrogen-bond acceptors (Lipinski definition) is 6. The summed E-state index contributed by atoms with van der Waals surface area (Å²) < 4.78 is 44.5. The predicted octanol–water partition coefficient (Wildman–Crippen LogP) is 3.87. The summed E-state index contributed by atoms with van der Waals surface area (Å²) in [4.78, 5) is 32.0. The van der Waals surface area contributed by atoms with Crippen LogP contribution in [0.1, 0.15) is 31.9 Å². The normalized spacial score (nSPS) is 22.5. The minimum absolute atomic E-state index is 0.0516. The van der Waals surface area contributed by atoms with Gasteiger partial charge in [-0.25, -0.2) is 17.6 Å². The first-order valence-corrected chi connectivity index (χ1v) is 14.6. The van der Waals surface area contributed by atoms with Crippen molar-refractivity contribution in [3.63, 3.8) is 0 Å². The molecule has 4 rings (SSSR count). The van der Waals surface area contributed by atoms with Gasteiger partial charge in [0.1, 0.15) is 17.5 Å². The number of sulfone groups is 1. The van der Waals surface area contributed by atoms with E-state index in [2.05, 4.69) is 10.3 Å². The number of carbonyl (C=O) groups is 2. The lowest BCUT2D eigenvalue weighted by Crippen LogP contribution is -2.45. The highest BCUT2D eigenvalue weighted by Crippen LogP contribution is 2.41. The zero-order valence-corrected chi connectivity index (χ0v) is 22.7. The van der Waals surface area contributed by atoms with Crippen LogP contribution in [0.25, 0.3) is 0 Å². The van der Waals surface area contributed by atoms with Crippen LogP contribution in [0, 0.1) is 12.7 Å². The zero-order valence-electron chi connectivity index (χ0n) is 21.1. The molecule has 0 aliphatic carbocycles. The first-order valence-electron chi connectivity index (χ1n) is 11.9. The number of aryl methyl sites for hydroxylation is 1. The van der Waals surface area contributed by atoms with Gasteiger partial charge in [0.2, 0.25) is 0 Å². The number of rotatable bonds is 5. The van der Waals surface area contributed by atoms with Gasteiger partial charge in [0.05, 0.1) is 17.5 Å². The highest BCUT2D eigenvalue weighted by Gasteiger charge is 2.49. The summed E-state index contributed by atoms with van der Waals surface area (Å²) in [7, 11) is -3.28. The smallest absolute Gasteiger partial charge is 0.408 e. The number of hydrogen-bond donors (Lipinski definition) is 1. The van der Waals surface area contributed by atoms with E-state index in [9.17, 15) is 22.4 Å². The van der Waals surface area contributed by atoms with E-state index in [1.54, 1.807) is 44.7 Å². The molecule has 0 saturated carbocycles. The molecule has 2 aliphatic rings. The van der Waals surface area contributed by atoms with Crippen molar-refractivity contribution >= 4 is 44.5 Å². The molecule has 2 saturated heterocycles. The average molecular weight is 548 g/mol. The molecule has 8 nitrogen and oxygen atoms in total. The molecule has 0 radical (unpaired) electrons. The van der Waals surface area contributed by atoms with E-state index in [0.29, 0.717) is 11.3 Å². The molecule has 198 valence electrons. The van der Waals surface area contributed by atoms with Gasteiger partial charge in [-0.2, -0.15) is 4.99 Å². The fourth-order valence-electron chi connectivity index (χ4n) is 4.27. The molecule has 2 aliphatic heterocycles. The molecule has 0 aromatic heterocycles. The van der Waals surface area contributed by atoms with Crippen LogP contribution in [0.2, 0.25) is 0 Å². The number of fused-ring (bicyclic) bond motifs is 1. The number of nitrogens with one attached hydrogen (secondary N) is 1. The number of alkyl carbamates (subject to hydrolysis) is 1. The SMILES string of the molecule is Cc1ccc(N2C(=NC(=O)C(Cc3ccccc3)NC(=O)OC(C)(C)C)SC3CS(=O)(=O)CC32)cc1F. The molecule has 0 spiro atoms. The van der Waals surface area contributed by atoms with E-state index in [0.717, 1.165) is 5.56 Å². The number of aliphatic imine (C=N–C) groups is 1. The summed E-state index contributed by atoms with van der Waals surface area (Å²) in [5.74, 6) is -1.22. The molecule has 11 heteroatoms. The highest BCUT2D eigenvalue weighted by molar-refractivity contribution is 8.16. The molecule has 1 N–H and O–H groups in total. The Morgan fingerprint density at radius 1 is 1.19 bits per heavy atom. The maximum absolute atomic E-state index is 14.4. The Morgan fingerprint density at radius 3 is 2.54 bits per heavy atom. The topological polar surface area (TPSA) is 105 Å². The van der Waals surface area contributed by atoms with Crippen molar-refractivity contribution in [2.45, 2.75) is 57.1 Å². The van der Waals surface area contributed by atoms with Crippen molar-refractivity contribution in [3.8, 4) is 0 Å². The summed E-state index contributed by atoms with van der Waals surface area (Å²) in [6.07, 6.45) is -0.567. The maximum Gasteiger partial charge on any atom is 0.408 e. The van der Waals surface area contributed by atoms with Gasteiger partial charge >= 0.3 is 6.09 Å². The molecule has 3 unspecified atom stereocenters. The van der Waals surface area contributed by atoms with Gasteiger partial charge in [-0.1, -0.05) is 48.2 Å². The first-order chi connectivity index (χ1) is 17.3. The van der Waals surface area contributed by atoms with Gasteiger partial charge in [0.25, 0.3) is 5.91 Å². The van der Waals surface area contributed by atoms with Crippen molar-refractivity contribution in [1.82, 2.24) is 5.32 Å². The molecule has 2 aromatic carbocycles. The van der Waals surface area contributed by atoms with Gasteiger partial charge in [-0.05, 0) is 51.0 Å². The van der Waals surface area contributed by atoms with Crippen LogP contribution >= 0.6 is 11.8 Å². The number of thioether (sulfide) groups is 1. The third-order valence-corrected chi connectivity index (χ3v) is 9.19. The third kappa shape index (κ3) is 6.70. The Balaban J connectivity index is 1.66. The van der Waals surface area contributed by atoms with Crippen LogP contribution in [-0.2, 0) is 25.8 Å². The lowest BCUT2D eigenvalue weighted by atomic mass is 10.1. The lowest BCUT2D eigenvalue weighted by Gasteiger charge is -2.25. The van der Waals surface area contributed by atoms with E-state index in [1.165, 1.54) is 17.8 Å². The van der Waals surface area contributed by atoms with Crippen LogP contribution in [0.5, 0.6) is 0 Å². The van der Waals surface area contributed by atoms with Crippen LogP contribution in [-0.4, -0.2) is 60.0 Å². The second kappa shape index (κ2) is 10.4. The fraction of sp³-hybridized carbons (Fsp3) is 0.423.